The van der Waals surface area contributed by atoms with Crippen LogP contribution in [0.5, 0.6) is 5.75 Å². The molecule has 1 aromatic heterocycles. The predicted octanol–water partition coefficient (Wildman–Crippen LogP) is 1.50. The van der Waals surface area contributed by atoms with E-state index in [1.165, 1.54) is 20.0 Å². The minimum atomic E-state index is -4.02. The molecule has 2 heterocycles. The van der Waals surface area contributed by atoms with E-state index < -0.39 is 13.1 Å². The van der Waals surface area contributed by atoms with Crippen molar-refractivity contribution < 1.29 is 14.6 Å². The number of hydrogen-bond acceptors (Lipinski definition) is 5. The van der Waals surface area contributed by atoms with Crippen molar-refractivity contribution in [3.63, 3.8) is 0 Å². The summed E-state index contributed by atoms with van der Waals surface area (Å²) in [5.41, 5.74) is -0.213. The maximum Gasteiger partial charge on any atom is 0.346 e. The third kappa shape index (κ3) is 2.98. The van der Waals surface area contributed by atoms with Gasteiger partial charge in [-0.15, -0.1) is 0 Å². The van der Waals surface area contributed by atoms with Crippen LogP contribution in [-0.4, -0.2) is 25.6 Å². The Morgan fingerprint density at radius 3 is 2.54 bits per heavy atom. The van der Waals surface area contributed by atoms with Gasteiger partial charge in [-0.1, -0.05) is 26.0 Å². The first kappa shape index (κ1) is 17.9. The zero-order chi connectivity index (χ0) is 18.1. The van der Waals surface area contributed by atoms with Crippen molar-refractivity contribution in [1.82, 2.24) is 9.78 Å². The molecule has 1 atom stereocenters. The van der Waals surface area contributed by atoms with E-state index >= 15 is 0 Å². The first-order valence-corrected chi connectivity index (χ1v) is 8.99. The fourth-order valence-corrected chi connectivity index (χ4v) is 3.52. The van der Waals surface area contributed by atoms with Gasteiger partial charge in [-0.25, -0.2) is 4.68 Å². The Labute approximate surface area is 139 Å². The van der Waals surface area contributed by atoms with Crippen LogP contribution in [0.2, 0.25) is 0 Å². The average molecular weight is 350 g/mol. The van der Waals surface area contributed by atoms with Crippen molar-refractivity contribution in [2.45, 2.75) is 20.8 Å². The number of benzene rings is 1. The van der Waals surface area contributed by atoms with Gasteiger partial charge in [-0.2, -0.15) is 9.86 Å². The van der Waals surface area contributed by atoms with E-state index in [4.69, 9.17) is 0 Å². The Morgan fingerprint density at radius 2 is 1.88 bits per heavy atom. The summed E-state index contributed by atoms with van der Waals surface area (Å²) in [6.07, 6.45) is 0. The van der Waals surface area contributed by atoms with Crippen molar-refractivity contribution in [1.29, 1.82) is 0 Å². The highest BCUT2D eigenvalue weighted by Gasteiger charge is 2.32. The lowest BCUT2D eigenvalue weighted by Crippen LogP contribution is -2.33. The van der Waals surface area contributed by atoms with E-state index in [1.807, 2.05) is 13.8 Å². The molecule has 3 N–H and O–H groups in total. The van der Waals surface area contributed by atoms with Crippen LogP contribution in [-0.2, 0) is 11.6 Å². The van der Waals surface area contributed by atoms with Crippen LogP contribution >= 0.6 is 7.52 Å². The zero-order valence-electron chi connectivity index (χ0n) is 13.8. The Kier molecular flexibility index (Phi) is 4.91. The molecule has 0 aliphatic carbocycles. The van der Waals surface area contributed by atoms with Gasteiger partial charge in [-0.3, -0.25) is 9.36 Å². The number of anilines is 1. The number of aromatic nitrogens is 2. The van der Waals surface area contributed by atoms with Crippen LogP contribution in [0.1, 0.15) is 25.1 Å². The van der Waals surface area contributed by atoms with E-state index in [-0.39, 0.29) is 28.1 Å². The number of aromatic hydroxyl groups is 1. The molecular weight excluding hydrogens is 331 g/mol. The predicted molar refractivity (Wildman–Crippen MR) is 93.3 cm³/mol. The molecule has 0 amide bonds. The highest BCUT2D eigenvalue weighted by atomic mass is 31.2. The van der Waals surface area contributed by atoms with Gasteiger partial charge in [-0.05, 0) is 19.1 Å². The van der Waals surface area contributed by atoms with E-state index in [0.29, 0.717) is 5.69 Å². The molecule has 0 spiro atoms. The van der Waals surface area contributed by atoms with Gasteiger partial charge in [0.15, 0.2) is 11.6 Å². The highest BCUT2D eigenvalue weighted by Crippen LogP contribution is 2.46. The van der Waals surface area contributed by atoms with Crippen LogP contribution in [0.15, 0.2) is 33.8 Å². The molecule has 0 fully saturated rings. The normalized spacial score (nSPS) is 18.6. The quantitative estimate of drug-likeness (QED) is 0.671. The summed E-state index contributed by atoms with van der Waals surface area (Å²) in [7, 11) is -2.60. The van der Waals surface area contributed by atoms with Gasteiger partial charge in [0.1, 0.15) is 11.3 Å². The largest absolute Gasteiger partial charge is 0.505 e. The maximum atomic E-state index is 12.4. The Morgan fingerprint density at radius 1 is 1.25 bits per heavy atom. The smallest absolute Gasteiger partial charge is 0.346 e. The molecule has 1 unspecified atom stereocenters. The molecule has 0 saturated carbocycles. The second-order valence-corrected chi connectivity index (χ2v) is 6.64. The molecule has 128 valence electrons. The van der Waals surface area contributed by atoms with Crippen LogP contribution in [0, 0.1) is 6.92 Å². The van der Waals surface area contributed by atoms with Gasteiger partial charge in [0.2, 0.25) is 0 Å². The number of nitrogens with one attached hydrogen (secondary N) is 1. The molecular formula is C15H19N4O4P. The maximum absolute atomic E-state index is 12.4. The Bertz CT molecular complexity index is 920. The summed E-state index contributed by atoms with van der Waals surface area (Å²) in [4.78, 5) is 22.3. The lowest BCUT2D eigenvalue weighted by molar-refractivity contribution is 0.456. The summed E-state index contributed by atoms with van der Waals surface area (Å²) in [6.45, 7) is 5.52. The third-order valence-electron chi connectivity index (χ3n) is 3.33. The fourth-order valence-electron chi connectivity index (χ4n) is 2.26. The lowest BCUT2D eigenvalue weighted by atomic mass is 10.2. The van der Waals surface area contributed by atoms with E-state index in [9.17, 15) is 19.4 Å². The topological polar surface area (TPSA) is 117 Å². The molecule has 0 radical (unpaired) electrons. The third-order valence-corrected chi connectivity index (χ3v) is 4.82. The summed E-state index contributed by atoms with van der Waals surface area (Å²) < 4.78 is 17.1. The first-order chi connectivity index (χ1) is 11.3. The van der Waals surface area contributed by atoms with Crippen molar-refractivity contribution in [2.24, 2.45) is 11.8 Å². The summed E-state index contributed by atoms with van der Waals surface area (Å²) in [5.74, 6) is -0.512. The van der Waals surface area contributed by atoms with Gasteiger partial charge in [0.05, 0.1) is 11.0 Å². The SMILES string of the molecule is CC.Cc1nn(C)c(=O)c(C2=NP(=O)(O)c3ccccc3N2)c1O. The molecule has 8 nitrogen and oxygen atoms in total. The molecule has 24 heavy (non-hydrogen) atoms. The number of amidine groups is 1. The first-order valence-electron chi connectivity index (χ1n) is 7.38. The Hall–Kier alpha value is -2.44. The van der Waals surface area contributed by atoms with Crippen molar-refractivity contribution in [2.75, 3.05) is 5.32 Å². The highest BCUT2D eigenvalue weighted by molar-refractivity contribution is 7.65. The second-order valence-electron chi connectivity index (χ2n) is 4.87. The van der Waals surface area contributed by atoms with Crippen molar-refractivity contribution in [3.05, 3.63) is 45.9 Å². The lowest BCUT2D eigenvalue weighted by Gasteiger charge is -2.22. The number of aryl methyl sites for hydroxylation is 2. The summed E-state index contributed by atoms with van der Waals surface area (Å²) >= 11 is 0. The second kappa shape index (κ2) is 6.59. The molecule has 1 aliphatic rings. The van der Waals surface area contributed by atoms with E-state index in [2.05, 4.69) is 15.2 Å². The minimum absolute atomic E-state index is 0.145. The van der Waals surface area contributed by atoms with Gasteiger partial charge >= 0.3 is 7.52 Å². The number of para-hydroxylation sites is 1. The number of nitrogens with zero attached hydrogens (tertiary/aromatic N) is 3. The summed E-state index contributed by atoms with van der Waals surface area (Å²) in [5, 5.41) is 16.9. The Balaban J connectivity index is 0.00000100. The summed E-state index contributed by atoms with van der Waals surface area (Å²) in [6, 6.07) is 6.39. The van der Waals surface area contributed by atoms with E-state index in [1.54, 1.807) is 18.2 Å². The van der Waals surface area contributed by atoms with E-state index in [0.717, 1.165) is 4.68 Å². The molecule has 0 saturated heterocycles. The zero-order valence-corrected chi connectivity index (χ0v) is 14.7. The van der Waals surface area contributed by atoms with Crippen LogP contribution in [0.4, 0.5) is 5.69 Å². The minimum Gasteiger partial charge on any atom is -0.505 e. The number of fused-ring (bicyclic) bond motifs is 1. The number of hydrogen-bond donors (Lipinski definition) is 3. The standard InChI is InChI=1S/C13H13N4O4P.C2H6/c1-7-11(18)10(13(19)17(2)15-7)12-14-8-5-3-4-6-9(8)22(20,21)16-12;1-2/h3-6,18H,1-2H3,(H2,14,16,20,21);1-2H3. The van der Waals surface area contributed by atoms with Crippen molar-refractivity contribution >= 4 is 24.3 Å². The molecule has 3 rings (SSSR count). The molecule has 9 heteroatoms. The monoisotopic (exact) mass is 350 g/mol. The van der Waals surface area contributed by atoms with Gasteiger partial charge in [0.25, 0.3) is 5.56 Å². The van der Waals surface area contributed by atoms with Crippen molar-refractivity contribution in [3.8, 4) is 5.75 Å². The number of rotatable bonds is 1. The average Bonchev–Trinajstić information content (AvgIpc) is 2.55. The van der Waals surface area contributed by atoms with Crippen LogP contribution in [0.25, 0.3) is 0 Å². The van der Waals surface area contributed by atoms with Gasteiger partial charge in [0, 0.05) is 7.05 Å². The molecule has 1 aromatic carbocycles. The van der Waals surface area contributed by atoms with Crippen LogP contribution < -0.4 is 16.2 Å². The van der Waals surface area contributed by atoms with Gasteiger partial charge < -0.3 is 15.3 Å². The molecule has 2 aromatic rings. The van der Waals surface area contributed by atoms with Crippen LogP contribution in [0.3, 0.4) is 0 Å². The molecule has 1 aliphatic heterocycles. The molecule has 0 bridgehead atoms. The fraction of sp³-hybridized carbons (Fsp3) is 0.267.